The first-order valence-electron chi connectivity index (χ1n) is 6.28. The van der Waals surface area contributed by atoms with Crippen LogP contribution in [0.5, 0.6) is 0 Å². The van der Waals surface area contributed by atoms with Crippen molar-refractivity contribution in [3.05, 3.63) is 35.9 Å². The third-order valence-corrected chi connectivity index (χ3v) is 3.31. The van der Waals surface area contributed by atoms with E-state index in [0.717, 1.165) is 11.0 Å². The summed E-state index contributed by atoms with van der Waals surface area (Å²) < 4.78 is 43.0. The highest BCUT2D eigenvalue weighted by molar-refractivity contribution is 5.91. The van der Waals surface area contributed by atoms with Crippen molar-refractivity contribution in [1.29, 1.82) is 0 Å². The monoisotopic (exact) mass is 313 g/mol. The van der Waals surface area contributed by atoms with Gasteiger partial charge in [0, 0.05) is 5.56 Å². The zero-order valence-corrected chi connectivity index (χ0v) is 11.0. The van der Waals surface area contributed by atoms with Gasteiger partial charge in [0.2, 0.25) is 0 Å². The number of β-amino-alcohol motifs (C(OH)–C–C–N with tert-alkyl or cyclic N) is 1. The maximum atomic E-state index is 13.1. The van der Waals surface area contributed by atoms with Crippen LogP contribution in [0.3, 0.4) is 0 Å². The number of carbonyl (C=O) groups is 1. The lowest BCUT2D eigenvalue weighted by Gasteiger charge is -2.44. The molecule has 1 fully saturated rings. The number of aromatic nitrogens is 2. The number of likely N-dealkylation sites (tertiary alicyclic amines) is 1. The molecule has 9 heteroatoms. The molecular formula is C13H10F3N3O3. The lowest BCUT2D eigenvalue weighted by Crippen LogP contribution is -2.67. The number of hydrogen-bond donors (Lipinski definition) is 1. The summed E-state index contributed by atoms with van der Waals surface area (Å²) >= 11 is 0. The maximum Gasteiger partial charge on any atom is 0.295 e. The number of benzene rings is 1. The summed E-state index contributed by atoms with van der Waals surface area (Å²) in [6.07, 6.45) is -2.94. The number of alkyl halides is 2. The van der Waals surface area contributed by atoms with Crippen molar-refractivity contribution in [2.75, 3.05) is 13.1 Å². The maximum absolute atomic E-state index is 13.1. The second kappa shape index (κ2) is 5.09. The zero-order valence-electron chi connectivity index (χ0n) is 11.0. The minimum absolute atomic E-state index is 0.0625. The SMILES string of the molecule is O=C(c1noc(-c2cccc(F)c2)n1)N1CC(O)(C(F)F)C1. The topological polar surface area (TPSA) is 79.5 Å². The molecule has 1 aromatic carbocycles. The Balaban J connectivity index is 1.74. The molecule has 0 atom stereocenters. The quantitative estimate of drug-likeness (QED) is 0.924. The van der Waals surface area contributed by atoms with E-state index in [1.165, 1.54) is 18.2 Å². The fourth-order valence-corrected chi connectivity index (χ4v) is 2.09. The van der Waals surface area contributed by atoms with Crippen LogP contribution in [0.1, 0.15) is 10.6 Å². The number of rotatable bonds is 3. The molecule has 0 saturated carbocycles. The van der Waals surface area contributed by atoms with E-state index in [4.69, 9.17) is 4.52 Å². The number of halogens is 3. The van der Waals surface area contributed by atoms with Gasteiger partial charge in [-0.25, -0.2) is 13.2 Å². The summed E-state index contributed by atoms with van der Waals surface area (Å²) in [7, 11) is 0. The van der Waals surface area contributed by atoms with Gasteiger partial charge in [-0.2, -0.15) is 4.98 Å². The molecule has 0 spiro atoms. The zero-order chi connectivity index (χ0) is 15.9. The van der Waals surface area contributed by atoms with Gasteiger partial charge in [0.25, 0.3) is 24.0 Å². The van der Waals surface area contributed by atoms with Crippen LogP contribution in [-0.4, -0.2) is 51.2 Å². The molecule has 1 N–H and O–H groups in total. The lowest BCUT2D eigenvalue weighted by atomic mass is 9.95. The van der Waals surface area contributed by atoms with E-state index in [1.54, 1.807) is 0 Å². The Morgan fingerprint density at radius 2 is 2.14 bits per heavy atom. The van der Waals surface area contributed by atoms with E-state index in [9.17, 15) is 23.1 Å². The van der Waals surface area contributed by atoms with Crippen LogP contribution in [0.2, 0.25) is 0 Å². The molecule has 1 aliphatic rings. The van der Waals surface area contributed by atoms with Crippen molar-refractivity contribution in [2.45, 2.75) is 12.0 Å². The molecule has 0 radical (unpaired) electrons. The Labute approximate surface area is 122 Å². The number of nitrogens with zero attached hydrogens (tertiary/aromatic N) is 3. The molecule has 1 aliphatic heterocycles. The van der Waals surface area contributed by atoms with Gasteiger partial charge in [0.05, 0.1) is 13.1 Å². The predicted molar refractivity (Wildman–Crippen MR) is 66.5 cm³/mol. The summed E-state index contributed by atoms with van der Waals surface area (Å²) in [5, 5.41) is 12.9. The number of amides is 1. The van der Waals surface area contributed by atoms with E-state index < -0.39 is 36.8 Å². The van der Waals surface area contributed by atoms with E-state index in [-0.39, 0.29) is 11.7 Å². The Kier molecular flexibility index (Phi) is 3.36. The number of aliphatic hydroxyl groups is 1. The van der Waals surface area contributed by atoms with Crippen LogP contribution in [0.4, 0.5) is 13.2 Å². The molecule has 0 aliphatic carbocycles. The van der Waals surface area contributed by atoms with Gasteiger partial charge in [-0.1, -0.05) is 11.2 Å². The number of hydrogen-bond acceptors (Lipinski definition) is 5. The second-order valence-corrected chi connectivity index (χ2v) is 5.00. The molecular weight excluding hydrogens is 303 g/mol. The van der Waals surface area contributed by atoms with Gasteiger partial charge in [-0.15, -0.1) is 0 Å². The van der Waals surface area contributed by atoms with Crippen molar-refractivity contribution in [3.63, 3.8) is 0 Å². The average molecular weight is 313 g/mol. The minimum atomic E-state index is -2.94. The van der Waals surface area contributed by atoms with Gasteiger partial charge in [-0.05, 0) is 18.2 Å². The highest BCUT2D eigenvalue weighted by atomic mass is 19.3. The van der Waals surface area contributed by atoms with Gasteiger partial charge in [0.15, 0.2) is 5.60 Å². The van der Waals surface area contributed by atoms with Crippen LogP contribution >= 0.6 is 0 Å². The Hall–Kier alpha value is -2.42. The van der Waals surface area contributed by atoms with Crippen molar-refractivity contribution >= 4 is 5.91 Å². The molecule has 2 heterocycles. The molecule has 1 aromatic heterocycles. The van der Waals surface area contributed by atoms with E-state index in [0.29, 0.717) is 5.56 Å². The standard InChI is InChI=1S/C13H10F3N3O3/c14-8-3-1-2-7(4-8)10-17-9(18-22-10)11(20)19-5-13(21,6-19)12(15)16/h1-4,12,21H,5-6H2. The smallest absolute Gasteiger partial charge is 0.295 e. The molecule has 2 aromatic rings. The number of carbonyl (C=O) groups excluding carboxylic acids is 1. The van der Waals surface area contributed by atoms with Crippen LogP contribution in [0, 0.1) is 5.82 Å². The molecule has 3 rings (SSSR count). The van der Waals surface area contributed by atoms with Crippen molar-refractivity contribution in [2.24, 2.45) is 0 Å². The van der Waals surface area contributed by atoms with Crippen molar-refractivity contribution in [1.82, 2.24) is 15.0 Å². The Bertz CT molecular complexity index is 713. The fraction of sp³-hybridized carbons (Fsp3) is 0.308. The molecule has 22 heavy (non-hydrogen) atoms. The van der Waals surface area contributed by atoms with Gasteiger partial charge >= 0.3 is 0 Å². The van der Waals surface area contributed by atoms with Crippen LogP contribution in [0.25, 0.3) is 11.5 Å². The minimum Gasteiger partial charge on any atom is -0.380 e. The van der Waals surface area contributed by atoms with Gasteiger partial charge < -0.3 is 14.5 Å². The van der Waals surface area contributed by atoms with Crippen LogP contribution in [0.15, 0.2) is 28.8 Å². The van der Waals surface area contributed by atoms with Crippen LogP contribution in [-0.2, 0) is 0 Å². The van der Waals surface area contributed by atoms with E-state index >= 15 is 0 Å². The molecule has 1 saturated heterocycles. The summed E-state index contributed by atoms with van der Waals surface area (Å²) in [6, 6.07) is 5.34. The fourth-order valence-electron chi connectivity index (χ4n) is 2.09. The molecule has 0 unspecified atom stereocenters. The van der Waals surface area contributed by atoms with E-state index in [2.05, 4.69) is 10.1 Å². The first-order chi connectivity index (χ1) is 10.4. The predicted octanol–water partition coefficient (Wildman–Crippen LogP) is 1.33. The molecule has 6 nitrogen and oxygen atoms in total. The lowest BCUT2D eigenvalue weighted by molar-refractivity contribution is -0.166. The largest absolute Gasteiger partial charge is 0.380 e. The normalized spacial score (nSPS) is 16.7. The first-order valence-corrected chi connectivity index (χ1v) is 6.28. The van der Waals surface area contributed by atoms with Crippen LogP contribution < -0.4 is 0 Å². The molecule has 116 valence electrons. The summed E-state index contributed by atoms with van der Waals surface area (Å²) in [4.78, 5) is 16.8. The van der Waals surface area contributed by atoms with Crippen molar-refractivity contribution < 1.29 is 27.6 Å². The Morgan fingerprint density at radius 1 is 1.41 bits per heavy atom. The highest BCUT2D eigenvalue weighted by Crippen LogP contribution is 2.28. The average Bonchev–Trinajstić information content (AvgIpc) is 2.92. The summed E-state index contributed by atoms with van der Waals surface area (Å²) in [5.41, 5.74) is -1.90. The summed E-state index contributed by atoms with van der Waals surface area (Å²) in [5.74, 6) is -1.65. The first kappa shape index (κ1) is 14.5. The van der Waals surface area contributed by atoms with Gasteiger partial charge in [0.1, 0.15) is 5.82 Å². The molecule has 0 bridgehead atoms. The third-order valence-electron chi connectivity index (χ3n) is 3.31. The summed E-state index contributed by atoms with van der Waals surface area (Å²) in [6.45, 7) is -1.01. The third kappa shape index (κ3) is 2.43. The van der Waals surface area contributed by atoms with E-state index in [1.807, 2.05) is 0 Å². The Morgan fingerprint density at radius 3 is 2.77 bits per heavy atom. The highest BCUT2D eigenvalue weighted by Gasteiger charge is 2.51. The van der Waals surface area contributed by atoms with Gasteiger partial charge in [-0.3, -0.25) is 4.79 Å². The second-order valence-electron chi connectivity index (χ2n) is 5.00. The molecule has 1 amide bonds. The van der Waals surface area contributed by atoms with Crippen molar-refractivity contribution in [3.8, 4) is 11.5 Å².